The molecule has 0 N–H and O–H groups in total. The van der Waals surface area contributed by atoms with Gasteiger partial charge in [-0.1, -0.05) is 116 Å². The number of para-hydroxylation sites is 4. The van der Waals surface area contributed by atoms with Gasteiger partial charge in [0.05, 0.1) is 0 Å². The Kier molecular flexibility index (Phi) is 10.4. The van der Waals surface area contributed by atoms with Crippen molar-refractivity contribution in [2.45, 2.75) is 118 Å². The SMILES string of the molecule is CC(C)c1cccc(C(C)C)c1N1c2ccccc2C2=[N+]([B-]1(F)F)C(C)(C)CO2.CC(C)c1cccc(C(C)C)c1N1c2ccccc2C2=[N+]([B-]1(F)F)C(C)(C)CO2. The molecule has 0 amide bonds. The first-order valence-corrected chi connectivity index (χ1v) is 20.8. The fourth-order valence-electron chi connectivity index (χ4n) is 9.28. The molecule has 6 nitrogen and oxygen atoms in total. The first-order valence-electron chi connectivity index (χ1n) is 20.8. The van der Waals surface area contributed by atoms with Gasteiger partial charge < -0.3 is 45.3 Å². The van der Waals surface area contributed by atoms with Crippen LogP contribution < -0.4 is 9.62 Å². The highest BCUT2D eigenvalue weighted by atomic mass is 19.3. The molecule has 0 spiro atoms. The van der Waals surface area contributed by atoms with E-state index in [1.54, 1.807) is 12.1 Å². The maximum atomic E-state index is 16.4. The monoisotopic (exact) mass is 796 g/mol. The van der Waals surface area contributed by atoms with Crippen LogP contribution in [-0.2, 0) is 9.47 Å². The smallest absolute Gasteiger partial charge is 0.440 e. The fourth-order valence-corrected chi connectivity index (χ4v) is 9.28. The van der Waals surface area contributed by atoms with Crippen LogP contribution in [0.3, 0.4) is 0 Å². The molecule has 0 aromatic heterocycles. The van der Waals surface area contributed by atoms with Crippen molar-refractivity contribution in [2.24, 2.45) is 0 Å². The summed E-state index contributed by atoms with van der Waals surface area (Å²) in [6.45, 7) is 16.0. The lowest BCUT2D eigenvalue weighted by atomic mass is 9.79. The molecule has 0 saturated heterocycles. The topological polar surface area (TPSA) is 31.0 Å². The van der Waals surface area contributed by atoms with Crippen LogP contribution in [0.1, 0.15) is 140 Å². The molecule has 4 aromatic rings. The molecule has 4 heterocycles. The van der Waals surface area contributed by atoms with Gasteiger partial charge in [0.2, 0.25) is 0 Å². The summed E-state index contributed by atoms with van der Waals surface area (Å²) in [5, 5.41) is 0. The molecular formula is C46H58B2F4N4O2. The van der Waals surface area contributed by atoms with Crippen molar-refractivity contribution in [3.63, 3.8) is 0 Å². The van der Waals surface area contributed by atoms with E-state index in [0.717, 1.165) is 33.4 Å². The van der Waals surface area contributed by atoms with Crippen LogP contribution in [0.15, 0.2) is 84.9 Å². The van der Waals surface area contributed by atoms with Crippen LogP contribution >= 0.6 is 0 Å². The lowest BCUT2D eigenvalue weighted by Crippen LogP contribution is -2.63. The molecule has 0 bridgehead atoms. The van der Waals surface area contributed by atoms with Crippen LogP contribution in [0.4, 0.5) is 40.0 Å². The van der Waals surface area contributed by atoms with Crippen LogP contribution in [0.2, 0.25) is 0 Å². The van der Waals surface area contributed by atoms with Crippen molar-refractivity contribution < 1.29 is 35.7 Å². The lowest BCUT2D eigenvalue weighted by Gasteiger charge is -2.44. The second-order valence-electron chi connectivity index (χ2n) is 18.7. The Morgan fingerprint density at radius 3 is 1.07 bits per heavy atom. The van der Waals surface area contributed by atoms with Crippen LogP contribution in [0.25, 0.3) is 0 Å². The molecule has 4 aliphatic rings. The van der Waals surface area contributed by atoms with E-state index >= 15 is 17.3 Å². The number of hydrogen-bond donors (Lipinski definition) is 0. The van der Waals surface area contributed by atoms with Crippen molar-refractivity contribution in [3.8, 4) is 0 Å². The highest BCUT2D eigenvalue weighted by molar-refractivity contribution is 6.66. The Morgan fingerprint density at radius 2 is 0.776 bits per heavy atom. The van der Waals surface area contributed by atoms with E-state index in [0.29, 0.717) is 34.5 Å². The average Bonchev–Trinajstić information content (AvgIpc) is 3.67. The normalized spacial score (nSPS) is 19.4. The molecule has 0 atom stereocenters. The molecule has 8 rings (SSSR count). The minimum Gasteiger partial charge on any atom is -0.440 e. The Labute approximate surface area is 342 Å². The van der Waals surface area contributed by atoms with Gasteiger partial charge >= 0.3 is 25.7 Å². The minimum absolute atomic E-state index is 0.121. The van der Waals surface area contributed by atoms with Gasteiger partial charge in [-0.3, -0.25) is 0 Å². The number of nitrogens with zero attached hydrogens (tertiary/aromatic N) is 4. The van der Waals surface area contributed by atoms with Gasteiger partial charge in [-0.05, 0) is 97.9 Å². The summed E-state index contributed by atoms with van der Waals surface area (Å²) in [5.74, 6) is 1.07. The number of anilines is 4. The minimum atomic E-state index is -4.10. The summed E-state index contributed by atoms with van der Waals surface area (Å²) < 4.78 is 79.6. The Bertz CT molecular complexity index is 2100. The zero-order valence-corrected chi connectivity index (χ0v) is 36.1. The van der Waals surface area contributed by atoms with Crippen molar-refractivity contribution in [2.75, 3.05) is 22.8 Å². The summed E-state index contributed by atoms with van der Waals surface area (Å²) in [6, 6.07) is 26.6. The highest BCUT2D eigenvalue weighted by Crippen LogP contribution is 2.50. The third-order valence-electron chi connectivity index (χ3n) is 12.1. The summed E-state index contributed by atoms with van der Waals surface area (Å²) in [7, 11) is 0. The van der Waals surface area contributed by atoms with E-state index in [2.05, 4.69) is 55.4 Å². The second-order valence-corrected chi connectivity index (χ2v) is 18.7. The largest absolute Gasteiger partial charge is 0.735 e. The van der Waals surface area contributed by atoms with Gasteiger partial charge in [-0.15, -0.1) is 0 Å². The van der Waals surface area contributed by atoms with Gasteiger partial charge in [-0.25, -0.2) is 0 Å². The van der Waals surface area contributed by atoms with Gasteiger partial charge in [0, 0.05) is 22.7 Å². The van der Waals surface area contributed by atoms with Gasteiger partial charge in [-0.2, -0.15) is 0 Å². The predicted octanol–water partition coefficient (Wildman–Crippen LogP) is 12.1. The summed E-state index contributed by atoms with van der Waals surface area (Å²) in [5.41, 5.74) is 5.90. The number of halogens is 4. The van der Waals surface area contributed by atoms with Crippen molar-refractivity contribution in [1.29, 1.82) is 0 Å². The third-order valence-corrected chi connectivity index (χ3v) is 12.1. The van der Waals surface area contributed by atoms with E-state index in [1.165, 1.54) is 18.6 Å². The van der Waals surface area contributed by atoms with Crippen LogP contribution in [0, 0.1) is 0 Å². The van der Waals surface area contributed by atoms with Crippen LogP contribution in [0.5, 0.6) is 0 Å². The molecule has 0 saturated carbocycles. The number of rotatable bonds is 6. The summed E-state index contributed by atoms with van der Waals surface area (Å²) in [6.07, 6.45) is 0. The van der Waals surface area contributed by atoms with E-state index < -0.39 is 25.0 Å². The molecule has 58 heavy (non-hydrogen) atoms. The standard InChI is InChI=1S/2C23H29BF2N2O/c2*1-15(2)17-11-9-12-18(16(3)4)21(17)27-20-13-8-7-10-19(20)22-28(24(27,25)26)23(5,6)14-29-22/h2*7-13,15-16H,14H2,1-6H3. The number of hydrogen-bond acceptors (Lipinski definition) is 4. The molecule has 0 aliphatic carbocycles. The molecule has 4 aliphatic heterocycles. The van der Waals surface area contributed by atoms with Crippen molar-refractivity contribution >= 4 is 48.5 Å². The van der Waals surface area contributed by atoms with Gasteiger partial charge in [0.15, 0.2) is 24.3 Å². The second kappa shape index (κ2) is 14.5. The number of benzene rings is 4. The number of ether oxygens (including phenoxy) is 2. The maximum Gasteiger partial charge on any atom is 0.735 e. The molecule has 0 fully saturated rings. The molecule has 0 radical (unpaired) electrons. The first kappa shape index (κ1) is 41.4. The average molecular weight is 797 g/mol. The van der Waals surface area contributed by atoms with E-state index in [4.69, 9.17) is 9.47 Å². The molecule has 0 unspecified atom stereocenters. The molecular weight excluding hydrogens is 738 g/mol. The lowest BCUT2D eigenvalue weighted by molar-refractivity contribution is -0.495. The fraction of sp³-hybridized carbons (Fsp3) is 0.435. The Balaban J connectivity index is 0.000000177. The molecule has 12 heteroatoms. The van der Waals surface area contributed by atoms with Crippen molar-refractivity contribution in [3.05, 3.63) is 118 Å². The quantitative estimate of drug-likeness (QED) is 0.144. The molecule has 4 aromatic carbocycles. The Morgan fingerprint density at radius 1 is 0.483 bits per heavy atom. The van der Waals surface area contributed by atoms with Crippen LogP contribution in [-0.4, -0.2) is 59.0 Å². The highest BCUT2D eigenvalue weighted by Gasteiger charge is 2.64. The maximum absolute atomic E-state index is 16.4. The van der Waals surface area contributed by atoms with E-state index in [-0.39, 0.29) is 36.9 Å². The van der Waals surface area contributed by atoms with Gasteiger partial charge in [0.25, 0.3) is 0 Å². The van der Waals surface area contributed by atoms with E-state index in [9.17, 15) is 0 Å². The Hall–Kier alpha value is -4.73. The third kappa shape index (κ3) is 6.49. The first-order chi connectivity index (χ1) is 27.1. The predicted molar refractivity (Wildman–Crippen MR) is 231 cm³/mol. The summed E-state index contributed by atoms with van der Waals surface area (Å²) >= 11 is 0. The van der Waals surface area contributed by atoms with Crippen molar-refractivity contribution in [1.82, 2.24) is 0 Å². The van der Waals surface area contributed by atoms with E-state index in [1.807, 2.05) is 100 Å². The molecule has 308 valence electrons. The zero-order chi connectivity index (χ0) is 42.3. The summed E-state index contributed by atoms with van der Waals surface area (Å²) in [4.78, 5) is 2.61. The number of fused-ring (bicyclic) bond motifs is 4. The van der Waals surface area contributed by atoms with Gasteiger partial charge in [0.1, 0.15) is 11.1 Å². The zero-order valence-electron chi connectivity index (χ0n) is 36.1.